The van der Waals surface area contributed by atoms with E-state index in [0.717, 1.165) is 12.3 Å². The lowest BCUT2D eigenvalue weighted by Crippen LogP contribution is -2.05. The zero-order valence-corrected chi connectivity index (χ0v) is 12.7. The molecule has 0 unspecified atom stereocenters. The summed E-state index contributed by atoms with van der Waals surface area (Å²) < 4.78 is 5.62. The minimum absolute atomic E-state index is 0.238. The number of anilines is 1. The molecule has 1 N–H and O–H groups in total. The number of rotatable bonds is 10. The van der Waals surface area contributed by atoms with E-state index in [4.69, 9.17) is 4.74 Å². The third-order valence-electron chi connectivity index (χ3n) is 3.09. The van der Waals surface area contributed by atoms with E-state index in [1.807, 2.05) is 26.0 Å². The summed E-state index contributed by atoms with van der Waals surface area (Å²) in [7, 11) is 0. The Morgan fingerprint density at radius 3 is 2.21 bits per heavy atom. The maximum absolute atomic E-state index is 5.62. The molecule has 0 aliphatic heterocycles. The molecule has 0 spiro atoms. The van der Waals surface area contributed by atoms with Gasteiger partial charge in [0, 0.05) is 12.2 Å². The second kappa shape index (κ2) is 9.71. The van der Waals surface area contributed by atoms with Crippen LogP contribution in [-0.2, 0) is 0 Å². The summed E-state index contributed by atoms with van der Waals surface area (Å²) in [6.07, 6.45) is 8.29. The first-order valence-electron chi connectivity index (χ1n) is 7.73. The van der Waals surface area contributed by atoms with Crippen LogP contribution in [-0.4, -0.2) is 12.6 Å². The smallest absolute Gasteiger partial charge is 0.119 e. The summed E-state index contributed by atoms with van der Waals surface area (Å²) in [4.78, 5) is 0. The van der Waals surface area contributed by atoms with Crippen LogP contribution in [0.25, 0.3) is 0 Å². The fourth-order valence-corrected chi connectivity index (χ4v) is 2.06. The van der Waals surface area contributed by atoms with Crippen LogP contribution in [0.4, 0.5) is 5.69 Å². The maximum atomic E-state index is 5.62. The van der Waals surface area contributed by atoms with Crippen LogP contribution in [0.3, 0.4) is 0 Å². The van der Waals surface area contributed by atoms with Gasteiger partial charge in [-0.3, -0.25) is 0 Å². The summed E-state index contributed by atoms with van der Waals surface area (Å²) in [6.45, 7) is 7.42. The van der Waals surface area contributed by atoms with Gasteiger partial charge in [0.05, 0.1) is 6.10 Å². The first kappa shape index (κ1) is 15.9. The van der Waals surface area contributed by atoms with Crippen LogP contribution >= 0.6 is 0 Å². The number of nitrogens with one attached hydrogen (secondary N) is 1. The molecule has 2 nitrogen and oxygen atoms in total. The SMILES string of the molecule is CCCCCCCCNc1ccc(OC(C)C)cc1. The number of hydrogen-bond acceptors (Lipinski definition) is 2. The Labute approximate surface area is 118 Å². The fourth-order valence-electron chi connectivity index (χ4n) is 2.06. The summed E-state index contributed by atoms with van der Waals surface area (Å²) in [6, 6.07) is 8.25. The van der Waals surface area contributed by atoms with Gasteiger partial charge in [-0.15, -0.1) is 0 Å². The third kappa shape index (κ3) is 7.76. The minimum atomic E-state index is 0.238. The Hall–Kier alpha value is -1.18. The van der Waals surface area contributed by atoms with Crippen molar-refractivity contribution < 1.29 is 4.74 Å². The first-order chi connectivity index (χ1) is 9.22. The van der Waals surface area contributed by atoms with Crippen molar-refractivity contribution >= 4 is 5.69 Å². The lowest BCUT2D eigenvalue weighted by Gasteiger charge is -2.11. The topological polar surface area (TPSA) is 21.3 Å². The van der Waals surface area contributed by atoms with E-state index >= 15 is 0 Å². The van der Waals surface area contributed by atoms with Crippen LogP contribution < -0.4 is 10.1 Å². The Morgan fingerprint density at radius 2 is 1.58 bits per heavy atom. The van der Waals surface area contributed by atoms with E-state index in [2.05, 4.69) is 24.4 Å². The highest BCUT2D eigenvalue weighted by Crippen LogP contribution is 2.17. The van der Waals surface area contributed by atoms with Crippen LogP contribution in [0, 0.1) is 0 Å². The molecular weight excluding hydrogens is 234 g/mol. The van der Waals surface area contributed by atoms with Gasteiger partial charge in [-0.1, -0.05) is 39.0 Å². The van der Waals surface area contributed by atoms with Gasteiger partial charge in [-0.25, -0.2) is 0 Å². The van der Waals surface area contributed by atoms with Gasteiger partial charge in [0.2, 0.25) is 0 Å². The van der Waals surface area contributed by atoms with Crippen LogP contribution in [0.5, 0.6) is 5.75 Å². The normalized spacial score (nSPS) is 10.7. The summed E-state index contributed by atoms with van der Waals surface area (Å²) >= 11 is 0. The maximum Gasteiger partial charge on any atom is 0.119 e. The average Bonchev–Trinajstić information content (AvgIpc) is 2.39. The molecule has 0 radical (unpaired) electrons. The second-order valence-corrected chi connectivity index (χ2v) is 5.39. The Bertz CT molecular complexity index is 319. The zero-order chi connectivity index (χ0) is 13.9. The highest BCUT2D eigenvalue weighted by Gasteiger charge is 1.97. The van der Waals surface area contributed by atoms with Gasteiger partial charge in [0.15, 0.2) is 0 Å². The highest BCUT2D eigenvalue weighted by molar-refractivity contribution is 5.46. The Balaban J connectivity index is 2.12. The molecule has 0 heterocycles. The predicted molar refractivity (Wildman–Crippen MR) is 84.1 cm³/mol. The molecule has 108 valence electrons. The van der Waals surface area contributed by atoms with Crippen molar-refractivity contribution in [2.45, 2.75) is 65.4 Å². The van der Waals surface area contributed by atoms with Gasteiger partial charge >= 0.3 is 0 Å². The van der Waals surface area contributed by atoms with E-state index in [1.165, 1.54) is 44.2 Å². The van der Waals surface area contributed by atoms with E-state index in [1.54, 1.807) is 0 Å². The molecule has 0 bridgehead atoms. The third-order valence-corrected chi connectivity index (χ3v) is 3.09. The van der Waals surface area contributed by atoms with Crippen molar-refractivity contribution in [2.75, 3.05) is 11.9 Å². The van der Waals surface area contributed by atoms with E-state index < -0.39 is 0 Å². The van der Waals surface area contributed by atoms with E-state index in [0.29, 0.717) is 0 Å². The molecule has 19 heavy (non-hydrogen) atoms. The van der Waals surface area contributed by atoms with Crippen molar-refractivity contribution in [3.8, 4) is 5.75 Å². The molecule has 0 aliphatic carbocycles. The van der Waals surface area contributed by atoms with Crippen molar-refractivity contribution in [1.82, 2.24) is 0 Å². The molecule has 0 fully saturated rings. The molecule has 0 aromatic heterocycles. The van der Waals surface area contributed by atoms with Crippen molar-refractivity contribution in [3.63, 3.8) is 0 Å². The standard InChI is InChI=1S/C17H29NO/c1-4-5-6-7-8-9-14-18-16-10-12-17(13-11-16)19-15(2)3/h10-13,15,18H,4-9,14H2,1-3H3. The highest BCUT2D eigenvalue weighted by atomic mass is 16.5. The summed E-state index contributed by atoms with van der Waals surface area (Å²) in [5.74, 6) is 0.945. The molecule has 0 atom stereocenters. The van der Waals surface area contributed by atoms with Crippen LogP contribution in [0.1, 0.15) is 59.3 Å². The number of ether oxygens (including phenoxy) is 1. The first-order valence-corrected chi connectivity index (χ1v) is 7.73. The molecule has 0 aliphatic rings. The number of hydrogen-bond donors (Lipinski definition) is 1. The van der Waals surface area contributed by atoms with Gasteiger partial charge in [-0.05, 0) is 44.5 Å². The average molecular weight is 263 g/mol. The van der Waals surface area contributed by atoms with Gasteiger partial charge in [-0.2, -0.15) is 0 Å². The second-order valence-electron chi connectivity index (χ2n) is 5.39. The lowest BCUT2D eigenvalue weighted by molar-refractivity contribution is 0.242. The molecule has 1 aromatic carbocycles. The fraction of sp³-hybridized carbons (Fsp3) is 0.647. The molecule has 1 rings (SSSR count). The predicted octanol–water partition coefficient (Wildman–Crippen LogP) is 5.25. The van der Waals surface area contributed by atoms with Crippen molar-refractivity contribution in [1.29, 1.82) is 0 Å². The van der Waals surface area contributed by atoms with E-state index in [9.17, 15) is 0 Å². The van der Waals surface area contributed by atoms with Crippen LogP contribution in [0.15, 0.2) is 24.3 Å². The van der Waals surface area contributed by atoms with Crippen molar-refractivity contribution in [2.24, 2.45) is 0 Å². The van der Waals surface area contributed by atoms with Gasteiger partial charge < -0.3 is 10.1 Å². The largest absolute Gasteiger partial charge is 0.491 e. The molecule has 0 saturated heterocycles. The summed E-state index contributed by atoms with van der Waals surface area (Å²) in [5, 5.41) is 3.46. The quantitative estimate of drug-likeness (QED) is 0.582. The van der Waals surface area contributed by atoms with Crippen molar-refractivity contribution in [3.05, 3.63) is 24.3 Å². The van der Waals surface area contributed by atoms with Crippen LogP contribution in [0.2, 0.25) is 0 Å². The van der Waals surface area contributed by atoms with E-state index in [-0.39, 0.29) is 6.10 Å². The number of benzene rings is 1. The molecule has 2 heteroatoms. The molecule has 0 amide bonds. The lowest BCUT2D eigenvalue weighted by atomic mass is 10.1. The molecule has 1 aromatic rings. The Kier molecular flexibility index (Phi) is 8.11. The Morgan fingerprint density at radius 1 is 0.947 bits per heavy atom. The number of unbranched alkanes of at least 4 members (excludes halogenated alkanes) is 5. The van der Waals surface area contributed by atoms with Gasteiger partial charge in [0.25, 0.3) is 0 Å². The molecular formula is C17H29NO. The zero-order valence-electron chi connectivity index (χ0n) is 12.7. The monoisotopic (exact) mass is 263 g/mol. The molecule has 0 saturated carbocycles. The van der Waals surface area contributed by atoms with Gasteiger partial charge in [0.1, 0.15) is 5.75 Å². The summed E-state index contributed by atoms with van der Waals surface area (Å²) in [5.41, 5.74) is 1.18. The minimum Gasteiger partial charge on any atom is -0.491 e.